The van der Waals surface area contributed by atoms with Crippen LogP contribution in [0, 0.1) is 0 Å². The van der Waals surface area contributed by atoms with Crippen molar-refractivity contribution in [2.45, 2.75) is 46.1 Å². The van der Waals surface area contributed by atoms with Gasteiger partial charge >= 0.3 is 0 Å². The molecule has 0 aliphatic heterocycles. The number of nitrogens with two attached hydrogens (primary N) is 1. The molecule has 0 aromatic rings. The minimum absolute atomic E-state index is 0.300. The Kier molecular flexibility index (Phi) is 9.27. The smallest absolute Gasteiger partial charge is 0.188 e. The maximum atomic E-state index is 5.65. The van der Waals surface area contributed by atoms with Gasteiger partial charge in [-0.3, -0.25) is 4.99 Å². The molecule has 3 N–H and O–H groups in total. The zero-order valence-electron chi connectivity index (χ0n) is 10.3. The molecular formula is C11H25N3O. The Balaban J connectivity index is 3.33. The molecular weight excluding hydrogens is 190 g/mol. The molecule has 4 heteroatoms. The predicted molar refractivity (Wildman–Crippen MR) is 65.1 cm³/mol. The lowest BCUT2D eigenvalue weighted by Crippen LogP contribution is -2.32. The van der Waals surface area contributed by atoms with E-state index in [1.165, 1.54) is 6.42 Å². The molecule has 0 heterocycles. The lowest BCUT2D eigenvalue weighted by atomic mass is 10.3. The fourth-order valence-corrected chi connectivity index (χ4v) is 1.03. The van der Waals surface area contributed by atoms with Gasteiger partial charge in [0.1, 0.15) is 0 Å². The van der Waals surface area contributed by atoms with E-state index >= 15 is 0 Å². The Morgan fingerprint density at radius 2 is 2.13 bits per heavy atom. The second kappa shape index (κ2) is 9.77. The van der Waals surface area contributed by atoms with Crippen molar-refractivity contribution in [3.05, 3.63) is 0 Å². The average Bonchev–Trinajstić information content (AvgIpc) is 2.17. The molecule has 0 atom stereocenters. The number of nitrogens with one attached hydrogen (secondary N) is 1. The lowest BCUT2D eigenvalue weighted by Gasteiger charge is -2.06. The molecule has 15 heavy (non-hydrogen) atoms. The van der Waals surface area contributed by atoms with E-state index in [4.69, 9.17) is 10.5 Å². The molecule has 0 aliphatic rings. The van der Waals surface area contributed by atoms with Crippen LogP contribution >= 0.6 is 0 Å². The van der Waals surface area contributed by atoms with Crippen LogP contribution in [0.4, 0.5) is 0 Å². The second-order valence-electron chi connectivity index (χ2n) is 3.82. The first-order valence-electron chi connectivity index (χ1n) is 5.82. The van der Waals surface area contributed by atoms with Crippen molar-refractivity contribution in [2.24, 2.45) is 10.7 Å². The van der Waals surface area contributed by atoms with Gasteiger partial charge in [0.2, 0.25) is 0 Å². The highest BCUT2D eigenvalue weighted by Gasteiger charge is 1.93. The number of guanidine groups is 1. The fourth-order valence-electron chi connectivity index (χ4n) is 1.03. The maximum Gasteiger partial charge on any atom is 0.188 e. The third-order valence-electron chi connectivity index (χ3n) is 1.87. The van der Waals surface area contributed by atoms with Crippen molar-refractivity contribution in [2.75, 3.05) is 19.7 Å². The molecule has 0 saturated carbocycles. The molecule has 0 radical (unpaired) electrons. The summed E-state index contributed by atoms with van der Waals surface area (Å²) in [5.74, 6) is 0.549. The highest BCUT2D eigenvalue weighted by Crippen LogP contribution is 1.90. The molecule has 0 aromatic carbocycles. The van der Waals surface area contributed by atoms with E-state index in [0.717, 1.165) is 32.5 Å². The van der Waals surface area contributed by atoms with E-state index in [1.54, 1.807) is 0 Å². The monoisotopic (exact) mass is 215 g/mol. The van der Waals surface area contributed by atoms with Crippen LogP contribution in [0.15, 0.2) is 4.99 Å². The molecule has 0 bridgehead atoms. The summed E-state index contributed by atoms with van der Waals surface area (Å²) in [6.45, 7) is 8.61. The highest BCUT2D eigenvalue weighted by molar-refractivity contribution is 5.77. The Labute approximate surface area is 93.3 Å². The standard InChI is InChI=1S/C11H25N3O/c1-4-5-7-13-11(12)14-8-6-9-15-10(2)3/h10H,4-9H2,1-3H3,(H3,12,13,14). The van der Waals surface area contributed by atoms with Gasteiger partial charge in [0, 0.05) is 19.7 Å². The van der Waals surface area contributed by atoms with Crippen LogP contribution in [0.3, 0.4) is 0 Å². The first-order valence-corrected chi connectivity index (χ1v) is 5.82. The van der Waals surface area contributed by atoms with Crippen molar-refractivity contribution in [3.63, 3.8) is 0 Å². The molecule has 0 amide bonds. The Morgan fingerprint density at radius 3 is 2.73 bits per heavy atom. The number of unbranched alkanes of at least 4 members (excludes halogenated alkanes) is 1. The molecule has 90 valence electrons. The van der Waals surface area contributed by atoms with Crippen LogP contribution in [0.2, 0.25) is 0 Å². The van der Waals surface area contributed by atoms with Crippen molar-refractivity contribution >= 4 is 5.96 Å². The van der Waals surface area contributed by atoms with Gasteiger partial charge in [-0.25, -0.2) is 0 Å². The van der Waals surface area contributed by atoms with E-state index in [1.807, 2.05) is 13.8 Å². The first kappa shape index (κ1) is 14.2. The van der Waals surface area contributed by atoms with E-state index in [2.05, 4.69) is 17.2 Å². The number of aliphatic imine (C=N–C) groups is 1. The summed E-state index contributed by atoms with van der Waals surface area (Å²) in [7, 11) is 0. The largest absolute Gasteiger partial charge is 0.379 e. The lowest BCUT2D eigenvalue weighted by molar-refractivity contribution is 0.0783. The number of nitrogens with zero attached hydrogens (tertiary/aromatic N) is 1. The predicted octanol–water partition coefficient (Wildman–Crippen LogP) is 1.51. The van der Waals surface area contributed by atoms with E-state index in [-0.39, 0.29) is 0 Å². The van der Waals surface area contributed by atoms with Crippen LogP contribution in [-0.2, 0) is 4.74 Å². The normalized spacial score (nSPS) is 12.1. The summed E-state index contributed by atoms with van der Waals surface area (Å²) >= 11 is 0. The van der Waals surface area contributed by atoms with Crippen LogP contribution in [-0.4, -0.2) is 31.8 Å². The van der Waals surface area contributed by atoms with Gasteiger partial charge in [-0.15, -0.1) is 0 Å². The highest BCUT2D eigenvalue weighted by atomic mass is 16.5. The molecule has 0 unspecified atom stereocenters. The number of hydrogen-bond donors (Lipinski definition) is 2. The number of ether oxygens (including phenoxy) is 1. The third kappa shape index (κ3) is 11.2. The van der Waals surface area contributed by atoms with E-state index < -0.39 is 0 Å². The van der Waals surface area contributed by atoms with Gasteiger partial charge < -0.3 is 15.8 Å². The van der Waals surface area contributed by atoms with Gasteiger partial charge in [0.05, 0.1) is 6.10 Å². The zero-order valence-corrected chi connectivity index (χ0v) is 10.3. The minimum atomic E-state index is 0.300. The van der Waals surface area contributed by atoms with Crippen molar-refractivity contribution in [1.82, 2.24) is 5.32 Å². The molecule has 0 aliphatic carbocycles. The summed E-state index contributed by atoms with van der Waals surface area (Å²) in [6.07, 6.45) is 3.53. The summed E-state index contributed by atoms with van der Waals surface area (Å²) < 4.78 is 5.39. The van der Waals surface area contributed by atoms with E-state index in [9.17, 15) is 0 Å². The SMILES string of the molecule is CCCCNC(N)=NCCCOC(C)C. The van der Waals surface area contributed by atoms with Crippen LogP contribution in [0.25, 0.3) is 0 Å². The van der Waals surface area contributed by atoms with Gasteiger partial charge in [0.15, 0.2) is 5.96 Å². The van der Waals surface area contributed by atoms with E-state index in [0.29, 0.717) is 12.1 Å². The van der Waals surface area contributed by atoms with Crippen molar-refractivity contribution in [1.29, 1.82) is 0 Å². The number of rotatable bonds is 8. The minimum Gasteiger partial charge on any atom is -0.379 e. The van der Waals surface area contributed by atoms with Gasteiger partial charge in [0.25, 0.3) is 0 Å². The summed E-state index contributed by atoms with van der Waals surface area (Å²) in [4.78, 5) is 4.20. The van der Waals surface area contributed by atoms with Crippen LogP contribution in [0.1, 0.15) is 40.0 Å². The van der Waals surface area contributed by atoms with Crippen LogP contribution < -0.4 is 11.1 Å². The van der Waals surface area contributed by atoms with Gasteiger partial charge in [-0.2, -0.15) is 0 Å². The topological polar surface area (TPSA) is 59.6 Å². The Bertz CT molecular complexity index is 169. The quantitative estimate of drug-likeness (QED) is 0.366. The van der Waals surface area contributed by atoms with Crippen LogP contribution in [0.5, 0.6) is 0 Å². The van der Waals surface area contributed by atoms with Crippen molar-refractivity contribution in [3.8, 4) is 0 Å². The van der Waals surface area contributed by atoms with Crippen molar-refractivity contribution < 1.29 is 4.74 Å². The second-order valence-corrected chi connectivity index (χ2v) is 3.82. The molecule has 4 nitrogen and oxygen atoms in total. The maximum absolute atomic E-state index is 5.65. The zero-order chi connectivity index (χ0) is 11.5. The first-order chi connectivity index (χ1) is 7.16. The molecule has 0 spiro atoms. The Morgan fingerprint density at radius 1 is 1.40 bits per heavy atom. The average molecular weight is 215 g/mol. The molecule has 0 rings (SSSR count). The molecule has 0 saturated heterocycles. The van der Waals surface area contributed by atoms with Gasteiger partial charge in [-0.05, 0) is 26.7 Å². The fraction of sp³-hybridized carbons (Fsp3) is 0.909. The summed E-state index contributed by atoms with van der Waals surface area (Å²) in [5.41, 5.74) is 5.65. The van der Waals surface area contributed by atoms with Gasteiger partial charge in [-0.1, -0.05) is 13.3 Å². The molecule has 0 fully saturated rings. The third-order valence-corrected chi connectivity index (χ3v) is 1.87. The summed E-state index contributed by atoms with van der Waals surface area (Å²) in [5, 5.41) is 3.07. The summed E-state index contributed by atoms with van der Waals surface area (Å²) in [6, 6.07) is 0. The molecule has 0 aromatic heterocycles. The number of hydrogen-bond acceptors (Lipinski definition) is 2. The Hall–Kier alpha value is -0.770.